The van der Waals surface area contributed by atoms with E-state index >= 15 is 0 Å². The first-order valence-electron chi connectivity index (χ1n) is 7.65. The minimum atomic E-state index is -0.357. The van der Waals surface area contributed by atoms with Gasteiger partial charge in [-0.25, -0.2) is 4.98 Å². The second-order valence-corrected chi connectivity index (χ2v) is 5.95. The third-order valence-electron chi connectivity index (χ3n) is 3.60. The van der Waals surface area contributed by atoms with Gasteiger partial charge in [0.1, 0.15) is 5.69 Å². The Morgan fingerprint density at radius 2 is 1.81 bits per heavy atom. The summed E-state index contributed by atoms with van der Waals surface area (Å²) in [5.41, 5.74) is 1.76. The maximum absolute atomic E-state index is 12.7. The van der Waals surface area contributed by atoms with Gasteiger partial charge in [0.2, 0.25) is 5.75 Å². The molecule has 134 valence electrons. The van der Waals surface area contributed by atoms with E-state index in [9.17, 15) is 4.79 Å². The van der Waals surface area contributed by atoms with Crippen LogP contribution in [0.3, 0.4) is 0 Å². The zero-order chi connectivity index (χ0) is 18.5. The predicted octanol–water partition coefficient (Wildman–Crippen LogP) is 3.48. The standard InChI is InChI=1S/C18H17N3O4S/c1-23-14-8-7-11(15(24-2)16(14)25-3)17(22)21-18-20-13(10-26-18)12-6-4-5-9-19-12/h4-10H,1-3H3,(H,20,21,22). The molecular weight excluding hydrogens is 354 g/mol. The SMILES string of the molecule is COc1ccc(C(=O)Nc2nc(-c3ccccn3)cs2)c(OC)c1OC. The van der Waals surface area contributed by atoms with Crippen LogP contribution in [0.15, 0.2) is 41.9 Å². The number of methoxy groups -OCH3 is 3. The fraction of sp³-hybridized carbons (Fsp3) is 0.167. The first kappa shape index (κ1) is 17.7. The molecule has 3 rings (SSSR count). The Bertz CT molecular complexity index is 912. The van der Waals surface area contributed by atoms with E-state index in [4.69, 9.17) is 14.2 Å². The molecule has 2 heterocycles. The van der Waals surface area contributed by atoms with Crippen molar-refractivity contribution in [1.29, 1.82) is 0 Å². The molecule has 0 aliphatic heterocycles. The largest absolute Gasteiger partial charge is 0.493 e. The zero-order valence-electron chi connectivity index (χ0n) is 14.5. The molecule has 3 aromatic rings. The van der Waals surface area contributed by atoms with Gasteiger partial charge >= 0.3 is 0 Å². The van der Waals surface area contributed by atoms with Crippen molar-refractivity contribution in [2.75, 3.05) is 26.6 Å². The van der Waals surface area contributed by atoms with Crippen molar-refractivity contribution in [2.45, 2.75) is 0 Å². The van der Waals surface area contributed by atoms with Crippen molar-refractivity contribution in [3.8, 4) is 28.6 Å². The van der Waals surface area contributed by atoms with Crippen LogP contribution in [0.1, 0.15) is 10.4 Å². The quantitative estimate of drug-likeness (QED) is 0.714. The number of nitrogens with one attached hydrogen (secondary N) is 1. The molecule has 0 aliphatic rings. The number of amides is 1. The molecule has 0 fully saturated rings. The third kappa shape index (κ3) is 3.45. The molecule has 7 nitrogen and oxygen atoms in total. The van der Waals surface area contributed by atoms with Crippen molar-refractivity contribution in [2.24, 2.45) is 0 Å². The number of anilines is 1. The van der Waals surface area contributed by atoms with E-state index in [1.165, 1.54) is 32.7 Å². The molecule has 1 N–H and O–H groups in total. The highest BCUT2D eigenvalue weighted by Gasteiger charge is 2.21. The predicted molar refractivity (Wildman–Crippen MR) is 99.4 cm³/mol. The average Bonchev–Trinajstić information content (AvgIpc) is 3.15. The van der Waals surface area contributed by atoms with Gasteiger partial charge in [-0.05, 0) is 24.3 Å². The average molecular weight is 371 g/mol. The molecule has 0 radical (unpaired) electrons. The number of hydrogen-bond acceptors (Lipinski definition) is 7. The summed E-state index contributed by atoms with van der Waals surface area (Å²) < 4.78 is 15.9. The van der Waals surface area contributed by atoms with Crippen LogP contribution in [-0.2, 0) is 0 Å². The Morgan fingerprint density at radius 3 is 2.46 bits per heavy atom. The van der Waals surface area contributed by atoms with Gasteiger partial charge in [0.25, 0.3) is 5.91 Å². The van der Waals surface area contributed by atoms with Gasteiger partial charge in [-0.3, -0.25) is 15.1 Å². The lowest BCUT2D eigenvalue weighted by Crippen LogP contribution is -2.13. The van der Waals surface area contributed by atoms with Gasteiger partial charge in [0.15, 0.2) is 16.6 Å². The van der Waals surface area contributed by atoms with Gasteiger partial charge in [-0.15, -0.1) is 11.3 Å². The Labute approximate surface area is 154 Å². The minimum Gasteiger partial charge on any atom is -0.493 e. The number of rotatable bonds is 6. The summed E-state index contributed by atoms with van der Waals surface area (Å²) in [6, 6.07) is 8.84. The van der Waals surface area contributed by atoms with Crippen LogP contribution >= 0.6 is 11.3 Å². The van der Waals surface area contributed by atoms with E-state index in [1.807, 2.05) is 23.6 Å². The van der Waals surface area contributed by atoms with Crippen molar-refractivity contribution in [3.05, 3.63) is 47.5 Å². The van der Waals surface area contributed by atoms with Crippen molar-refractivity contribution in [3.63, 3.8) is 0 Å². The van der Waals surface area contributed by atoms with Crippen LogP contribution < -0.4 is 19.5 Å². The van der Waals surface area contributed by atoms with E-state index < -0.39 is 0 Å². The second-order valence-electron chi connectivity index (χ2n) is 5.09. The molecule has 26 heavy (non-hydrogen) atoms. The summed E-state index contributed by atoms with van der Waals surface area (Å²) in [6.07, 6.45) is 1.70. The van der Waals surface area contributed by atoms with Gasteiger partial charge in [0, 0.05) is 11.6 Å². The van der Waals surface area contributed by atoms with Crippen LogP contribution in [0, 0.1) is 0 Å². The highest BCUT2D eigenvalue weighted by atomic mass is 32.1. The van der Waals surface area contributed by atoms with Gasteiger partial charge in [0.05, 0.1) is 32.6 Å². The van der Waals surface area contributed by atoms with Crippen LogP contribution in [0.25, 0.3) is 11.4 Å². The van der Waals surface area contributed by atoms with Crippen molar-refractivity contribution >= 4 is 22.4 Å². The lowest BCUT2D eigenvalue weighted by Gasteiger charge is -2.15. The lowest BCUT2D eigenvalue weighted by molar-refractivity contribution is 0.102. The van der Waals surface area contributed by atoms with Gasteiger partial charge in [-0.2, -0.15) is 0 Å². The van der Waals surface area contributed by atoms with Gasteiger partial charge in [-0.1, -0.05) is 6.07 Å². The highest BCUT2D eigenvalue weighted by molar-refractivity contribution is 7.14. The van der Waals surface area contributed by atoms with E-state index in [2.05, 4.69) is 15.3 Å². The summed E-state index contributed by atoms with van der Waals surface area (Å²) in [5.74, 6) is 0.777. The maximum Gasteiger partial charge on any atom is 0.261 e. The number of aromatic nitrogens is 2. The molecule has 0 spiro atoms. The van der Waals surface area contributed by atoms with E-state index in [0.717, 1.165) is 5.69 Å². The number of carbonyl (C=O) groups is 1. The lowest BCUT2D eigenvalue weighted by atomic mass is 10.1. The van der Waals surface area contributed by atoms with Crippen LogP contribution in [-0.4, -0.2) is 37.2 Å². The van der Waals surface area contributed by atoms with Crippen molar-refractivity contribution < 1.29 is 19.0 Å². The summed E-state index contributed by atoms with van der Waals surface area (Å²) >= 11 is 1.32. The number of hydrogen-bond donors (Lipinski definition) is 1. The molecule has 8 heteroatoms. The smallest absolute Gasteiger partial charge is 0.261 e. The first-order chi connectivity index (χ1) is 12.7. The topological polar surface area (TPSA) is 82.6 Å². The zero-order valence-corrected chi connectivity index (χ0v) is 15.3. The molecule has 0 bridgehead atoms. The van der Waals surface area contributed by atoms with E-state index in [0.29, 0.717) is 33.6 Å². The molecule has 1 amide bonds. The third-order valence-corrected chi connectivity index (χ3v) is 4.36. The number of thiazole rings is 1. The minimum absolute atomic E-state index is 0.297. The number of carbonyl (C=O) groups excluding carboxylic acids is 1. The fourth-order valence-corrected chi connectivity index (χ4v) is 3.11. The highest BCUT2D eigenvalue weighted by Crippen LogP contribution is 2.40. The van der Waals surface area contributed by atoms with Gasteiger partial charge < -0.3 is 14.2 Å². The number of benzene rings is 1. The Balaban J connectivity index is 1.86. The van der Waals surface area contributed by atoms with Crippen LogP contribution in [0.2, 0.25) is 0 Å². The fourth-order valence-electron chi connectivity index (χ4n) is 2.41. The maximum atomic E-state index is 12.7. The number of nitrogens with zero attached hydrogens (tertiary/aromatic N) is 2. The molecular formula is C18H17N3O4S. The molecule has 0 unspecified atom stereocenters. The summed E-state index contributed by atoms with van der Waals surface area (Å²) in [6.45, 7) is 0. The second kappa shape index (κ2) is 7.83. The van der Waals surface area contributed by atoms with E-state index in [-0.39, 0.29) is 5.91 Å². The molecule has 0 saturated heterocycles. The summed E-state index contributed by atoms with van der Waals surface area (Å²) in [7, 11) is 4.48. The van der Waals surface area contributed by atoms with Crippen LogP contribution in [0.5, 0.6) is 17.2 Å². The first-order valence-corrected chi connectivity index (χ1v) is 8.53. The monoisotopic (exact) mass is 371 g/mol. The molecule has 0 atom stereocenters. The molecule has 0 aliphatic carbocycles. The van der Waals surface area contributed by atoms with E-state index in [1.54, 1.807) is 18.3 Å². The van der Waals surface area contributed by atoms with Crippen LogP contribution in [0.4, 0.5) is 5.13 Å². The Morgan fingerprint density at radius 1 is 1.00 bits per heavy atom. The Kier molecular flexibility index (Phi) is 5.33. The molecule has 0 saturated carbocycles. The summed E-state index contributed by atoms with van der Waals surface area (Å²) in [4.78, 5) is 21.3. The number of pyridine rings is 1. The summed E-state index contributed by atoms with van der Waals surface area (Å²) in [5, 5.41) is 5.08. The Hall–Kier alpha value is -3.13. The molecule has 1 aromatic carbocycles. The number of ether oxygens (including phenoxy) is 3. The molecule has 2 aromatic heterocycles. The normalized spacial score (nSPS) is 10.3. The van der Waals surface area contributed by atoms with Crippen molar-refractivity contribution in [1.82, 2.24) is 9.97 Å².